The lowest BCUT2D eigenvalue weighted by Gasteiger charge is -2.21. The van der Waals surface area contributed by atoms with Crippen molar-refractivity contribution >= 4 is 22.0 Å². The van der Waals surface area contributed by atoms with Crippen LogP contribution in [-0.4, -0.2) is 29.2 Å². The molecular weight excluding hydrogens is 258 g/mol. The highest BCUT2D eigenvalue weighted by atomic mass is 79.9. The topological polar surface area (TPSA) is 40.5 Å². The second kappa shape index (κ2) is 5.16. The summed E-state index contributed by atoms with van der Waals surface area (Å²) in [6.07, 6.45) is -0.167. The number of hydrogen-bond donors (Lipinski definition) is 1. The van der Waals surface area contributed by atoms with Gasteiger partial charge in [0, 0.05) is 17.6 Å². The van der Waals surface area contributed by atoms with Gasteiger partial charge >= 0.3 is 6.09 Å². The van der Waals surface area contributed by atoms with E-state index in [0.717, 1.165) is 16.5 Å². The van der Waals surface area contributed by atoms with Gasteiger partial charge < -0.3 is 10.0 Å². The van der Waals surface area contributed by atoms with E-state index in [0.29, 0.717) is 0 Å². The molecular formula is C11H14BrNO2. The summed E-state index contributed by atoms with van der Waals surface area (Å²) in [5.41, 5.74) is 1.13. The van der Waals surface area contributed by atoms with E-state index in [4.69, 9.17) is 5.11 Å². The number of halogens is 1. The number of benzene rings is 1. The summed E-state index contributed by atoms with van der Waals surface area (Å²) in [7, 11) is 1.59. The normalized spacial score (nSPS) is 12.2. The van der Waals surface area contributed by atoms with E-state index >= 15 is 0 Å². The van der Waals surface area contributed by atoms with Crippen LogP contribution in [0.15, 0.2) is 28.7 Å². The van der Waals surface area contributed by atoms with Crippen LogP contribution in [0.5, 0.6) is 0 Å². The minimum absolute atomic E-state index is 0.0169. The van der Waals surface area contributed by atoms with E-state index in [-0.39, 0.29) is 6.04 Å². The summed E-state index contributed by atoms with van der Waals surface area (Å²) in [5.74, 6) is 0. The zero-order chi connectivity index (χ0) is 11.4. The molecule has 1 N–H and O–H groups in total. The third kappa shape index (κ3) is 3.55. The molecule has 3 nitrogen and oxygen atoms in total. The molecule has 0 fully saturated rings. The first kappa shape index (κ1) is 12.0. The largest absolute Gasteiger partial charge is 0.465 e. The van der Waals surface area contributed by atoms with E-state index in [9.17, 15) is 4.79 Å². The molecule has 0 aliphatic carbocycles. The van der Waals surface area contributed by atoms with E-state index in [1.807, 2.05) is 31.2 Å². The quantitative estimate of drug-likeness (QED) is 0.918. The summed E-state index contributed by atoms with van der Waals surface area (Å²) in [4.78, 5) is 12.0. The van der Waals surface area contributed by atoms with Crippen LogP contribution in [0.25, 0.3) is 0 Å². The van der Waals surface area contributed by atoms with Crippen molar-refractivity contribution in [3.8, 4) is 0 Å². The SMILES string of the molecule is CC(Cc1cccc(Br)c1)N(C)C(=O)O. The fraction of sp³-hybridized carbons (Fsp3) is 0.364. The van der Waals surface area contributed by atoms with E-state index in [1.165, 1.54) is 4.90 Å². The second-order valence-electron chi connectivity index (χ2n) is 3.58. The van der Waals surface area contributed by atoms with Crippen molar-refractivity contribution in [3.63, 3.8) is 0 Å². The molecule has 0 saturated heterocycles. The first-order chi connectivity index (χ1) is 7.00. The fourth-order valence-corrected chi connectivity index (χ4v) is 1.78. The van der Waals surface area contributed by atoms with E-state index in [1.54, 1.807) is 7.05 Å². The van der Waals surface area contributed by atoms with Gasteiger partial charge in [-0.05, 0) is 31.0 Å². The summed E-state index contributed by atoms with van der Waals surface area (Å²) < 4.78 is 1.02. The molecule has 1 aromatic rings. The zero-order valence-corrected chi connectivity index (χ0v) is 10.4. The van der Waals surface area contributed by atoms with Crippen LogP contribution in [0, 0.1) is 0 Å². The number of carbonyl (C=O) groups is 1. The lowest BCUT2D eigenvalue weighted by Crippen LogP contribution is -2.35. The molecule has 0 saturated carbocycles. The summed E-state index contributed by atoms with van der Waals surface area (Å²) in [6, 6.07) is 7.89. The molecule has 0 aromatic heterocycles. The Morgan fingerprint density at radius 1 is 1.60 bits per heavy atom. The highest BCUT2D eigenvalue weighted by Crippen LogP contribution is 2.14. The van der Waals surface area contributed by atoms with Crippen LogP contribution in [0.3, 0.4) is 0 Å². The Bertz CT molecular complexity index is 354. The smallest absolute Gasteiger partial charge is 0.407 e. The predicted octanol–water partition coefficient (Wildman–Crippen LogP) is 2.99. The maximum atomic E-state index is 10.7. The van der Waals surface area contributed by atoms with Gasteiger partial charge in [-0.1, -0.05) is 28.1 Å². The number of rotatable bonds is 3. The molecule has 15 heavy (non-hydrogen) atoms. The lowest BCUT2D eigenvalue weighted by atomic mass is 10.1. The van der Waals surface area contributed by atoms with Gasteiger partial charge in [0.1, 0.15) is 0 Å². The Labute approximate surface area is 97.8 Å². The fourth-order valence-electron chi connectivity index (χ4n) is 1.33. The van der Waals surface area contributed by atoms with Crippen LogP contribution in [-0.2, 0) is 6.42 Å². The predicted molar refractivity (Wildman–Crippen MR) is 63.1 cm³/mol. The minimum Gasteiger partial charge on any atom is -0.465 e. The van der Waals surface area contributed by atoms with Crippen LogP contribution in [0.2, 0.25) is 0 Å². The second-order valence-corrected chi connectivity index (χ2v) is 4.49. The molecule has 0 aliphatic heterocycles. The highest BCUT2D eigenvalue weighted by molar-refractivity contribution is 9.10. The van der Waals surface area contributed by atoms with Crippen molar-refractivity contribution in [3.05, 3.63) is 34.3 Å². The van der Waals surface area contributed by atoms with Gasteiger partial charge in [0.05, 0.1) is 0 Å². The first-order valence-corrected chi connectivity index (χ1v) is 5.50. The van der Waals surface area contributed by atoms with Gasteiger partial charge in [0.25, 0.3) is 0 Å². The molecule has 0 heterocycles. The molecule has 0 bridgehead atoms. The average Bonchev–Trinajstić information content (AvgIpc) is 2.16. The zero-order valence-electron chi connectivity index (χ0n) is 8.77. The van der Waals surface area contributed by atoms with E-state index < -0.39 is 6.09 Å². The van der Waals surface area contributed by atoms with Gasteiger partial charge in [0.15, 0.2) is 0 Å². The summed E-state index contributed by atoms with van der Waals surface area (Å²) in [5, 5.41) is 8.80. The molecule has 1 aromatic carbocycles. The molecule has 1 amide bonds. The van der Waals surface area contributed by atoms with Crippen LogP contribution < -0.4 is 0 Å². The number of hydrogen-bond acceptors (Lipinski definition) is 1. The Kier molecular flexibility index (Phi) is 4.15. The molecule has 0 radical (unpaired) electrons. The average molecular weight is 272 g/mol. The van der Waals surface area contributed by atoms with E-state index in [2.05, 4.69) is 15.9 Å². The van der Waals surface area contributed by atoms with Crippen molar-refractivity contribution in [2.75, 3.05) is 7.05 Å². The maximum Gasteiger partial charge on any atom is 0.407 e. The van der Waals surface area contributed by atoms with Crippen molar-refractivity contribution in [2.24, 2.45) is 0 Å². The summed E-state index contributed by atoms with van der Waals surface area (Å²) in [6.45, 7) is 1.90. The van der Waals surface area contributed by atoms with Crippen molar-refractivity contribution in [2.45, 2.75) is 19.4 Å². The standard InChI is InChI=1S/C11H14BrNO2/c1-8(13(2)11(14)15)6-9-4-3-5-10(12)7-9/h3-5,7-8H,6H2,1-2H3,(H,14,15). The van der Waals surface area contributed by atoms with Crippen molar-refractivity contribution < 1.29 is 9.90 Å². The van der Waals surface area contributed by atoms with Crippen LogP contribution in [0.4, 0.5) is 4.79 Å². The molecule has 1 atom stereocenters. The molecule has 0 aliphatic rings. The monoisotopic (exact) mass is 271 g/mol. The van der Waals surface area contributed by atoms with Crippen LogP contribution in [0.1, 0.15) is 12.5 Å². The van der Waals surface area contributed by atoms with Gasteiger partial charge in [-0.25, -0.2) is 4.79 Å². The highest BCUT2D eigenvalue weighted by Gasteiger charge is 2.14. The third-order valence-electron chi connectivity index (χ3n) is 2.38. The Balaban J connectivity index is 2.66. The third-order valence-corrected chi connectivity index (χ3v) is 2.88. The molecule has 0 spiro atoms. The molecule has 82 valence electrons. The molecule has 1 rings (SSSR count). The molecule has 1 unspecified atom stereocenters. The maximum absolute atomic E-state index is 10.7. The van der Waals surface area contributed by atoms with Gasteiger partial charge in [-0.3, -0.25) is 0 Å². The van der Waals surface area contributed by atoms with Gasteiger partial charge in [-0.15, -0.1) is 0 Å². The Morgan fingerprint density at radius 3 is 2.80 bits per heavy atom. The number of carboxylic acid groups (broad SMARTS) is 1. The Hall–Kier alpha value is -1.03. The van der Waals surface area contributed by atoms with Gasteiger partial charge in [0.2, 0.25) is 0 Å². The van der Waals surface area contributed by atoms with Crippen molar-refractivity contribution in [1.82, 2.24) is 4.90 Å². The van der Waals surface area contributed by atoms with Gasteiger partial charge in [-0.2, -0.15) is 0 Å². The lowest BCUT2D eigenvalue weighted by molar-refractivity contribution is 0.141. The number of nitrogens with zero attached hydrogens (tertiary/aromatic N) is 1. The van der Waals surface area contributed by atoms with Crippen molar-refractivity contribution in [1.29, 1.82) is 0 Å². The minimum atomic E-state index is -0.891. The number of likely N-dealkylation sites (N-methyl/N-ethyl adjacent to an activating group) is 1. The van der Waals surface area contributed by atoms with Crippen LogP contribution >= 0.6 is 15.9 Å². The summed E-state index contributed by atoms with van der Waals surface area (Å²) >= 11 is 3.39. The first-order valence-electron chi connectivity index (χ1n) is 4.71. The number of amides is 1. The Morgan fingerprint density at radius 2 is 2.27 bits per heavy atom. The molecule has 4 heteroatoms.